The van der Waals surface area contributed by atoms with Crippen LogP contribution in [0.1, 0.15) is 28.3 Å². The summed E-state index contributed by atoms with van der Waals surface area (Å²) in [4.78, 5) is 0. The molecule has 1 atom stereocenters. The largest absolute Gasteiger partial charge is 0.497 e. The summed E-state index contributed by atoms with van der Waals surface area (Å²) < 4.78 is 5.30. The maximum absolute atomic E-state index is 5.30. The summed E-state index contributed by atoms with van der Waals surface area (Å²) in [6.45, 7) is 4.31. The van der Waals surface area contributed by atoms with Crippen LogP contribution in [0.15, 0.2) is 42.5 Å². The van der Waals surface area contributed by atoms with Crippen LogP contribution in [0.25, 0.3) is 0 Å². The van der Waals surface area contributed by atoms with Crippen molar-refractivity contribution in [1.82, 2.24) is 5.32 Å². The Morgan fingerprint density at radius 3 is 2.60 bits per heavy atom. The first kappa shape index (κ1) is 14.6. The van der Waals surface area contributed by atoms with Crippen LogP contribution in [0, 0.1) is 13.8 Å². The van der Waals surface area contributed by atoms with E-state index in [0.717, 1.165) is 12.2 Å². The van der Waals surface area contributed by atoms with Crippen LogP contribution in [0.4, 0.5) is 0 Å². The van der Waals surface area contributed by atoms with Gasteiger partial charge in [0.15, 0.2) is 0 Å². The molecule has 2 rings (SSSR count). The predicted octanol–water partition coefficient (Wildman–Crippen LogP) is 3.82. The summed E-state index contributed by atoms with van der Waals surface area (Å²) in [6, 6.07) is 15.2. The van der Waals surface area contributed by atoms with Gasteiger partial charge in [-0.3, -0.25) is 0 Å². The van der Waals surface area contributed by atoms with Gasteiger partial charge in [0.05, 0.1) is 7.11 Å². The zero-order chi connectivity index (χ0) is 14.5. The summed E-state index contributed by atoms with van der Waals surface area (Å²) in [5.74, 6) is 0.915. The number of methoxy groups -OCH3 is 1. The topological polar surface area (TPSA) is 21.3 Å². The molecular weight excluding hydrogens is 246 g/mol. The zero-order valence-corrected chi connectivity index (χ0v) is 12.7. The molecule has 106 valence electrons. The van der Waals surface area contributed by atoms with Crippen molar-refractivity contribution in [3.8, 4) is 5.75 Å². The first-order valence-corrected chi connectivity index (χ1v) is 7.01. The summed E-state index contributed by atoms with van der Waals surface area (Å²) in [7, 11) is 3.73. The Bertz CT molecular complexity index is 577. The Morgan fingerprint density at radius 2 is 1.90 bits per heavy atom. The van der Waals surface area contributed by atoms with E-state index in [1.165, 1.54) is 22.3 Å². The number of ether oxygens (including phenoxy) is 1. The molecule has 0 aromatic heterocycles. The fraction of sp³-hybridized carbons (Fsp3) is 0.333. The predicted molar refractivity (Wildman–Crippen MR) is 84.4 cm³/mol. The molecule has 0 aliphatic carbocycles. The fourth-order valence-electron chi connectivity index (χ4n) is 2.54. The zero-order valence-electron chi connectivity index (χ0n) is 12.7. The monoisotopic (exact) mass is 269 g/mol. The van der Waals surface area contributed by atoms with Gasteiger partial charge in [0, 0.05) is 6.04 Å². The molecule has 2 nitrogen and oxygen atoms in total. The summed E-state index contributed by atoms with van der Waals surface area (Å²) in [5.41, 5.74) is 5.29. The number of aryl methyl sites for hydroxylation is 2. The molecule has 0 fully saturated rings. The maximum atomic E-state index is 5.30. The Morgan fingerprint density at radius 1 is 1.10 bits per heavy atom. The van der Waals surface area contributed by atoms with Crippen molar-refractivity contribution < 1.29 is 4.74 Å². The smallest absolute Gasteiger partial charge is 0.119 e. The summed E-state index contributed by atoms with van der Waals surface area (Å²) in [5, 5.41) is 3.43. The van der Waals surface area contributed by atoms with Crippen LogP contribution in [-0.4, -0.2) is 14.2 Å². The first-order chi connectivity index (χ1) is 9.63. The minimum atomic E-state index is 0.321. The van der Waals surface area contributed by atoms with Gasteiger partial charge in [0.2, 0.25) is 0 Å². The second-order valence-corrected chi connectivity index (χ2v) is 5.26. The van der Waals surface area contributed by atoms with Crippen molar-refractivity contribution in [3.63, 3.8) is 0 Å². The van der Waals surface area contributed by atoms with Gasteiger partial charge in [-0.2, -0.15) is 0 Å². The average molecular weight is 269 g/mol. The molecule has 0 aliphatic heterocycles. The van der Waals surface area contributed by atoms with Gasteiger partial charge in [0.25, 0.3) is 0 Å². The Balaban J connectivity index is 2.26. The quantitative estimate of drug-likeness (QED) is 0.891. The maximum Gasteiger partial charge on any atom is 0.119 e. The third kappa shape index (κ3) is 3.40. The van der Waals surface area contributed by atoms with E-state index in [1.807, 2.05) is 19.2 Å². The molecule has 0 spiro atoms. The number of likely N-dealkylation sites (N-methyl/N-ethyl adjacent to an activating group) is 1. The lowest BCUT2D eigenvalue weighted by molar-refractivity contribution is 0.414. The fourth-order valence-corrected chi connectivity index (χ4v) is 2.54. The van der Waals surface area contributed by atoms with E-state index in [4.69, 9.17) is 4.74 Å². The highest BCUT2D eigenvalue weighted by atomic mass is 16.5. The third-order valence-corrected chi connectivity index (χ3v) is 3.73. The highest BCUT2D eigenvalue weighted by molar-refractivity contribution is 5.35. The Labute approximate surface area is 121 Å². The standard InChI is InChI=1S/C18H23NO/c1-13-8-9-14(2)17(10-13)18(19-3)12-15-6-5-7-16(11-15)20-4/h5-11,18-19H,12H2,1-4H3. The van der Waals surface area contributed by atoms with Gasteiger partial charge in [-0.25, -0.2) is 0 Å². The summed E-state index contributed by atoms with van der Waals surface area (Å²) in [6.07, 6.45) is 0.956. The van der Waals surface area contributed by atoms with E-state index < -0.39 is 0 Å². The van der Waals surface area contributed by atoms with E-state index in [2.05, 4.69) is 49.5 Å². The Kier molecular flexibility index (Phi) is 4.80. The van der Waals surface area contributed by atoms with E-state index in [0.29, 0.717) is 6.04 Å². The molecule has 0 radical (unpaired) electrons. The lowest BCUT2D eigenvalue weighted by Crippen LogP contribution is -2.20. The number of benzene rings is 2. The highest BCUT2D eigenvalue weighted by Crippen LogP contribution is 2.24. The Hall–Kier alpha value is -1.80. The minimum absolute atomic E-state index is 0.321. The first-order valence-electron chi connectivity index (χ1n) is 7.01. The van der Waals surface area contributed by atoms with Gasteiger partial charge >= 0.3 is 0 Å². The molecule has 0 heterocycles. The van der Waals surface area contributed by atoms with Gasteiger partial charge in [-0.05, 0) is 56.1 Å². The van der Waals surface area contributed by atoms with E-state index in [1.54, 1.807) is 7.11 Å². The number of hydrogen-bond donors (Lipinski definition) is 1. The van der Waals surface area contributed by atoms with E-state index in [9.17, 15) is 0 Å². The second-order valence-electron chi connectivity index (χ2n) is 5.26. The molecule has 2 aromatic carbocycles. The van der Waals surface area contributed by atoms with E-state index in [-0.39, 0.29) is 0 Å². The van der Waals surface area contributed by atoms with Gasteiger partial charge in [-0.15, -0.1) is 0 Å². The average Bonchev–Trinajstić information content (AvgIpc) is 2.47. The molecule has 0 saturated carbocycles. The molecule has 0 aliphatic rings. The van der Waals surface area contributed by atoms with Crippen molar-refractivity contribution in [2.75, 3.05) is 14.2 Å². The van der Waals surface area contributed by atoms with Crippen LogP contribution in [0.2, 0.25) is 0 Å². The molecule has 1 N–H and O–H groups in total. The molecule has 2 heteroatoms. The van der Waals surface area contributed by atoms with Crippen molar-refractivity contribution in [3.05, 3.63) is 64.7 Å². The minimum Gasteiger partial charge on any atom is -0.497 e. The van der Waals surface area contributed by atoms with Gasteiger partial charge in [-0.1, -0.05) is 35.9 Å². The van der Waals surface area contributed by atoms with Crippen LogP contribution in [-0.2, 0) is 6.42 Å². The molecule has 0 bridgehead atoms. The van der Waals surface area contributed by atoms with Crippen LogP contribution < -0.4 is 10.1 Å². The molecule has 2 aromatic rings. The second kappa shape index (κ2) is 6.58. The van der Waals surface area contributed by atoms with E-state index >= 15 is 0 Å². The van der Waals surface area contributed by atoms with Crippen molar-refractivity contribution in [1.29, 1.82) is 0 Å². The van der Waals surface area contributed by atoms with Crippen LogP contribution >= 0.6 is 0 Å². The molecule has 20 heavy (non-hydrogen) atoms. The van der Waals surface area contributed by atoms with Crippen LogP contribution in [0.3, 0.4) is 0 Å². The SMILES string of the molecule is CNC(Cc1cccc(OC)c1)c1cc(C)ccc1C. The number of rotatable bonds is 5. The molecule has 0 amide bonds. The summed E-state index contributed by atoms with van der Waals surface area (Å²) >= 11 is 0. The molecular formula is C18H23NO. The molecule has 0 saturated heterocycles. The lowest BCUT2D eigenvalue weighted by atomic mass is 9.94. The third-order valence-electron chi connectivity index (χ3n) is 3.73. The van der Waals surface area contributed by atoms with Gasteiger partial charge in [0.1, 0.15) is 5.75 Å². The highest BCUT2D eigenvalue weighted by Gasteiger charge is 2.13. The lowest BCUT2D eigenvalue weighted by Gasteiger charge is -2.20. The molecule has 1 unspecified atom stereocenters. The van der Waals surface area contributed by atoms with Crippen molar-refractivity contribution >= 4 is 0 Å². The number of hydrogen-bond acceptors (Lipinski definition) is 2. The van der Waals surface area contributed by atoms with Crippen molar-refractivity contribution in [2.24, 2.45) is 0 Å². The normalized spacial score (nSPS) is 12.2. The number of nitrogens with one attached hydrogen (secondary N) is 1. The van der Waals surface area contributed by atoms with Gasteiger partial charge < -0.3 is 10.1 Å². The van der Waals surface area contributed by atoms with Crippen LogP contribution in [0.5, 0.6) is 5.75 Å². The van der Waals surface area contributed by atoms with Crippen molar-refractivity contribution in [2.45, 2.75) is 26.3 Å².